The second-order valence-electron chi connectivity index (χ2n) is 5.11. The van der Waals surface area contributed by atoms with E-state index in [4.69, 9.17) is 12.2 Å². The lowest BCUT2D eigenvalue weighted by Crippen LogP contribution is -1.99. The van der Waals surface area contributed by atoms with Gasteiger partial charge in [0.05, 0.1) is 11.1 Å². The standard InChI is InChI=1S/C15H12FN3S/c16-12-7-11-13(8-10(12)15-17-4-5-18-15)19(9-1-2-9)6-3-14(11)20/h3-9H,1-2H2,(H,17,18). The molecule has 0 bridgehead atoms. The Morgan fingerprint density at radius 3 is 2.90 bits per heavy atom. The van der Waals surface area contributed by atoms with Crippen LogP contribution in [0.2, 0.25) is 0 Å². The van der Waals surface area contributed by atoms with Gasteiger partial charge in [0, 0.05) is 34.5 Å². The zero-order chi connectivity index (χ0) is 13.7. The minimum atomic E-state index is -0.299. The van der Waals surface area contributed by atoms with Crippen molar-refractivity contribution in [2.24, 2.45) is 0 Å². The first-order valence-corrected chi connectivity index (χ1v) is 6.99. The average molecular weight is 285 g/mol. The molecule has 0 atom stereocenters. The van der Waals surface area contributed by atoms with Crippen LogP contribution in [0, 0.1) is 10.3 Å². The van der Waals surface area contributed by atoms with Crippen molar-refractivity contribution >= 4 is 23.1 Å². The molecule has 0 saturated heterocycles. The van der Waals surface area contributed by atoms with E-state index >= 15 is 0 Å². The number of H-pyrrole nitrogens is 1. The zero-order valence-electron chi connectivity index (χ0n) is 10.6. The molecule has 0 amide bonds. The molecule has 1 saturated carbocycles. The molecule has 0 aliphatic heterocycles. The summed E-state index contributed by atoms with van der Waals surface area (Å²) >= 11 is 5.32. The predicted molar refractivity (Wildman–Crippen MR) is 78.6 cm³/mol. The molecule has 2 heterocycles. The molecular formula is C15H12FN3S. The number of aromatic amines is 1. The van der Waals surface area contributed by atoms with Gasteiger partial charge in [-0.25, -0.2) is 9.37 Å². The number of pyridine rings is 1. The van der Waals surface area contributed by atoms with Gasteiger partial charge in [0.2, 0.25) is 0 Å². The third-order valence-corrected chi connectivity index (χ3v) is 4.07. The van der Waals surface area contributed by atoms with Crippen LogP contribution < -0.4 is 0 Å². The van der Waals surface area contributed by atoms with Crippen molar-refractivity contribution < 1.29 is 4.39 Å². The molecule has 0 unspecified atom stereocenters. The summed E-state index contributed by atoms with van der Waals surface area (Å²) in [6, 6.07) is 5.76. The Hall–Kier alpha value is -2.01. The molecule has 3 nitrogen and oxygen atoms in total. The lowest BCUT2D eigenvalue weighted by molar-refractivity contribution is 0.631. The van der Waals surface area contributed by atoms with E-state index in [1.54, 1.807) is 12.4 Å². The topological polar surface area (TPSA) is 33.6 Å². The van der Waals surface area contributed by atoms with E-state index in [1.807, 2.05) is 18.3 Å². The molecule has 1 aromatic carbocycles. The molecule has 4 rings (SSSR count). The number of aromatic nitrogens is 3. The van der Waals surface area contributed by atoms with E-state index in [0.29, 0.717) is 21.9 Å². The Bertz CT molecular complexity index is 847. The van der Waals surface area contributed by atoms with Crippen LogP contribution >= 0.6 is 12.2 Å². The van der Waals surface area contributed by atoms with E-state index in [-0.39, 0.29) is 5.82 Å². The highest BCUT2D eigenvalue weighted by atomic mass is 32.1. The Morgan fingerprint density at radius 1 is 1.35 bits per heavy atom. The van der Waals surface area contributed by atoms with Gasteiger partial charge < -0.3 is 9.55 Å². The highest BCUT2D eigenvalue weighted by molar-refractivity contribution is 7.71. The van der Waals surface area contributed by atoms with E-state index in [2.05, 4.69) is 14.5 Å². The molecule has 3 aromatic rings. The number of fused-ring (bicyclic) bond motifs is 1. The van der Waals surface area contributed by atoms with Gasteiger partial charge in [0.25, 0.3) is 0 Å². The Labute approximate surface area is 120 Å². The van der Waals surface area contributed by atoms with Crippen LogP contribution in [0.4, 0.5) is 4.39 Å². The van der Waals surface area contributed by atoms with Crippen molar-refractivity contribution in [1.29, 1.82) is 0 Å². The lowest BCUT2D eigenvalue weighted by atomic mass is 10.1. The summed E-state index contributed by atoms with van der Waals surface area (Å²) in [6.45, 7) is 0. The van der Waals surface area contributed by atoms with Crippen molar-refractivity contribution in [1.82, 2.24) is 14.5 Å². The molecule has 1 aliphatic carbocycles. The quantitative estimate of drug-likeness (QED) is 0.715. The van der Waals surface area contributed by atoms with Crippen LogP contribution in [-0.4, -0.2) is 14.5 Å². The van der Waals surface area contributed by atoms with Gasteiger partial charge in [-0.2, -0.15) is 0 Å². The number of nitrogens with one attached hydrogen (secondary N) is 1. The zero-order valence-corrected chi connectivity index (χ0v) is 11.5. The van der Waals surface area contributed by atoms with Crippen molar-refractivity contribution in [3.05, 3.63) is 47.1 Å². The normalized spacial score (nSPS) is 14.8. The van der Waals surface area contributed by atoms with Crippen molar-refractivity contribution in [2.75, 3.05) is 0 Å². The fourth-order valence-electron chi connectivity index (χ4n) is 2.56. The van der Waals surface area contributed by atoms with Crippen LogP contribution in [0.3, 0.4) is 0 Å². The number of hydrogen-bond donors (Lipinski definition) is 1. The summed E-state index contributed by atoms with van der Waals surface area (Å²) in [4.78, 5) is 7.09. The number of imidazole rings is 1. The highest BCUT2D eigenvalue weighted by Gasteiger charge is 2.24. The van der Waals surface area contributed by atoms with Gasteiger partial charge >= 0.3 is 0 Å². The Balaban J connectivity index is 2.06. The van der Waals surface area contributed by atoms with Gasteiger partial charge in [-0.15, -0.1) is 0 Å². The predicted octanol–water partition coefficient (Wildman–Crippen LogP) is 4.23. The van der Waals surface area contributed by atoms with Gasteiger partial charge in [-0.1, -0.05) is 12.2 Å². The first-order valence-electron chi connectivity index (χ1n) is 6.58. The van der Waals surface area contributed by atoms with E-state index < -0.39 is 0 Å². The molecule has 5 heteroatoms. The van der Waals surface area contributed by atoms with Gasteiger partial charge in [-0.3, -0.25) is 0 Å². The molecule has 0 spiro atoms. The smallest absolute Gasteiger partial charge is 0.140 e. The Kier molecular flexibility index (Phi) is 2.50. The molecule has 1 N–H and O–H groups in total. The van der Waals surface area contributed by atoms with Crippen molar-refractivity contribution in [3.8, 4) is 11.4 Å². The molecule has 2 aromatic heterocycles. The third kappa shape index (κ3) is 1.78. The van der Waals surface area contributed by atoms with Crippen LogP contribution in [0.25, 0.3) is 22.3 Å². The van der Waals surface area contributed by atoms with Crippen molar-refractivity contribution in [2.45, 2.75) is 18.9 Å². The molecular weight excluding hydrogens is 273 g/mol. The van der Waals surface area contributed by atoms with Crippen molar-refractivity contribution in [3.63, 3.8) is 0 Å². The van der Waals surface area contributed by atoms with Gasteiger partial charge in [0.15, 0.2) is 0 Å². The largest absolute Gasteiger partial charge is 0.345 e. The third-order valence-electron chi connectivity index (χ3n) is 3.71. The van der Waals surface area contributed by atoms with Crippen LogP contribution in [0.5, 0.6) is 0 Å². The van der Waals surface area contributed by atoms with Gasteiger partial charge in [-0.05, 0) is 31.0 Å². The maximum Gasteiger partial charge on any atom is 0.140 e. The summed E-state index contributed by atoms with van der Waals surface area (Å²) in [5, 5.41) is 0.794. The fraction of sp³-hybridized carbons (Fsp3) is 0.200. The first-order chi connectivity index (χ1) is 9.74. The number of nitrogens with zero attached hydrogens (tertiary/aromatic N) is 2. The molecule has 20 heavy (non-hydrogen) atoms. The van der Waals surface area contributed by atoms with E-state index in [0.717, 1.165) is 10.9 Å². The van der Waals surface area contributed by atoms with E-state index in [9.17, 15) is 4.39 Å². The molecule has 1 aliphatic rings. The van der Waals surface area contributed by atoms with E-state index in [1.165, 1.54) is 18.9 Å². The SMILES string of the molecule is Fc1cc2c(=S)ccn(C3CC3)c2cc1-c1ncc[nH]1. The van der Waals surface area contributed by atoms with Crippen LogP contribution in [0.1, 0.15) is 18.9 Å². The molecule has 100 valence electrons. The monoisotopic (exact) mass is 285 g/mol. The average Bonchev–Trinajstić information content (AvgIpc) is 3.14. The molecule has 0 radical (unpaired) electrons. The Morgan fingerprint density at radius 2 is 2.20 bits per heavy atom. The molecule has 1 fully saturated rings. The lowest BCUT2D eigenvalue weighted by Gasteiger charge is -2.12. The summed E-state index contributed by atoms with van der Waals surface area (Å²) in [5.74, 6) is 0.244. The summed E-state index contributed by atoms with van der Waals surface area (Å²) < 4.78 is 17.2. The second kappa shape index (κ2) is 4.24. The summed E-state index contributed by atoms with van der Waals surface area (Å²) in [5.41, 5.74) is 1.46. The number of hydrogen-bond acceptors (Lipinski definition) is 2. The number of rotatable bonds is 2. The maximum atomic E-state index is 14.3. The highest BCUT2D eigenvalue weighted by Crippen LogP contribution is 2.38. The van der Waals surface area contributed by atoms with Gasteiger partial charge in [0.1, 0.15) is 11.6 Å². The fourth-order valence-corrected chi connectivity index (χ4v) is 2.78. The number of halogens is 1. The summed E-state index contributed by atoms with van der Waals surface area (Å²) in [7, 11) is 0. The summed E-state index contributed by atoms with van der Waals surface area (Å²) in [6.07, 6.45) is 7.66. The van der Waals surface area contributed by atoms with Crippen LogP contribution in [0.15, 0.2) is 36.8 Å². The number of benzene rings is 1. The minimum absolute atomic E-state index is 0.299. The first kappa shape index (κ1) is 11.8. The second-order valence-corrected chi connectivity index (χ2v) is 5.55. The van der Waals surface area contributed by atoms with Crippen LogP contribution in [-0.2, 0) is 0 Å². The minimum Gasteiger partial charge on any atom is -0.345 e. The maximum absolute atomic E-state index is 14.3.